The van der Waals surface area contributed by atoms with E-state index in [1.165, 1.54) is 0 Å². The van der Waals surface area contributed by atoms with Gasteiger partial charge in [0.25, 0.3) is 0 Å². The molecule has 0 aliphatic carbocycles. The third-order valence-electron chi connectivity index (χ3n) is 3.79. The molecule has 1 aliphatic rings. The van der Waals surface area contributed by atoms with Gasteiger partial charge < -0.3 is 20.5 Å². The molecule has 1 aromatic heterocycles. The summed E-state index contributed by atoms with van der Waals surface area (Å²) in [6.45, 7) is 3.98. The second-order valence-electron chi connectivity index (χ2n) is 5.27. The molecule has 1 atom stereocenters. The predicted molar refractivity (Wildman–Crippen MR) is 76.0 cm³/mol. The molecule has 2 rings (SSSR count). The first-order valence-electron chi connectivity index (χ1n) is 6.78. The molecule has 5 nitrogen and oxygen atoms in total. The summed E-state index contributed by atoms with van der Waals surface area (Å²) >= 11 is 0. The van der Waals surface area contributed by atoms with Crippen LogP contribution < -0.4 is 10.6 Å². The van der Waals surface area contributed by atoms with E-state index in [0.29, 0.717) is 11.6 Å². The Morgan fingerprint density at radius 2 is 2.21 bits per heavy atom. The SMILES string of the molecule is COC(O)CC1CCN(c2ncc(N)cc2C)CC1. The van der Waals surface area contributed by atoms with E-state index in [9.17, 15) is 5.11 Å². The minimum atomic E-state index is -0.632. The van der Waals surface area contributed by atoms with Crippen LogP contribution in [0.5, 0.6) is 0 Å². The third kappa shape index (κ3) is 3.58. The number of piperidine rings is 1. The molecule has 0 bridgehead atoms. The van der Waals surface area contributed by atoms with Crippen LogP contribution in [0.1, 0.15) is 24.8 Å². The molecule has 1 aliphatic heterocycles. The maximum Gasteiger partial charge on any atom is 0.154 e. The van der Waals surface area contributed by atoms with E-state index in [0.717, 1.165) is 43.7 Å². The summed E-state index contributed by atoms with van der Waals surface area (Å²) in [6.07, 6.45) is 3.92. The van der Waals surface area contributed by atoms with E-state index < -0.39 is 6.29 Å². The Balaban J connectivity index is 1.92. The lowest BCUT2D eigenvalue weighted by molar-refractivity contribution is -0.0886. The van der Waals surface area contributed by atoms with Gasteiger partial charge in [0.05, 0.1) is 11.9 Å². The number of ether oxygens (including phenoxy) is 1. The number of nitrogens with zero attached hydrogens (tertiary/aromatic N) is 2. The van der Waals surface area contributed by atoms with Gasteiger partial charge >= 0.3 is 0 Å². The second kappa shape index (κ2) is 6.21. The van der Waals surface area contributed by atoms with Gasteiger partial charge in [-0.2, -0.15) is 0 Å². The van der Waals surface area contributed by atoms with Crippen LogP contribution in [-0.2, 0) is 4.74 Å². The van der Waals surface area contributed by atoms with E-state index in [1.54, 1.807) is 13.3 Å². The highest BCUT2D eigenvalue weighted by molar-refractivity contribution is 5.52. The number of hydrogen-bond acceptors (Lipinski definition) is 5. The van der Waals surface area contributed by atoms with Crippen molar-refractivity contribution < 1.29 is 9.84 Å². The Morgan fingerprint density at radius 3 is 2.79 bits per heavy atom. The quantitative estimate of drug-likeness (QED) is 0.808. The summed E-state index contributed by atoms with van der Waals surface area (Å²) in [7, 11) is 1.54. The first-order chi connectivity index (χ1) is 9.10. The topological polar surface area (TPSA) is 71.6 Å². The highest BCUT2D eigenvalue weighted by Gasteiger charge is 2.23. The molecule has 106 valence electrons. The van der Waals surface area contributed by atoms with Gasteiger partial charge in [0.2, 0.25) is 0 Å². The Hall–Kier alpha value is -1.33. The lowest BCUT2D eigenvalue weighted by Crippen LogP contribution is -2.35. The highest BCUT2D eigenvalue weighted by atomic mass is 16.6. The number of nitrogens with two attached hydrogens (primary N) is 1. The van der Waals surface area contributed by atoms with E-state index in [1.807, 2.05) is 13.0 Å². The van der Waals surface area contributed by atoms with E-state index in [2.05, 4.69) is 9.88 Å². The smallest absolute Gasteiger partial charge is 0.154 e. The summed E-state index contributed by atoms with van der Waals surface area (Å²) in [5, 5.41) is 9.51. The van der Waals surface area contributed by atoms with Gasteiger partial charge in [0.15, 0.2) is 6.29 Å². The number of hydrogen-bond donors (Lipinski definition) is 2. The Labute approximate surface area is 114 Å². The van der Waals surface area contributed by atoms with Crippen molar-refractivity contribution in [2.45, 2.75) is 32.5 Å². The summed E-state index contributed by atoms with van der Waals surface area (Å²) in [4.78, 5) is 6.73. The van der Waals surface area contributed by atoms with Crippen molar-refractivity contribution in [2.75, 3.05) is 30.8 Å². The first kappa shape index (κ1) is 14.1. The molecule has 0 amide bonds. The molecule has 0 saturated carbocycles. The zero-order valence-electron chi connectivity index (χ0n) is 11.7. The van der Waals surface area contributed by atoms with Gasteiger partial charge in [0.1, 0.15) is 5.82 Å². The zero-order valence-corrected chi connectivity index (χ0v) is 11.7. The average molecular weight is 265 g/mol. The van der Waals surface area contributed by atoms with Crippen LogP contribution in [0.15, 0.2) is 12.3 Å². The molecule has 1 unspecified atom stereocenters. The lowest BCUT2D eigenvalue weighted by Gasteiger charge is -2.34. The maximum absolute atomic E-state index is 9.51. The number of rotatable bonds is 4. The molecule has 3 N–H and O–H groups in total. The van der Waals surface area contributed by atoms with Crippen molar-refractivity contribution in [3.05, 3.63) is 17.8 Å². The van der Waals surface area contributed by atoms with E-state index in [4.69, 9.17) is 10.5 Å². The van der Waals surface area contributed by atoms with Gasteiger partial charge in [-0.3, -0.25) is 0 Å². The number of methoxy groups -OCH3 is 1. The molecule has 19 heavy (non-hydrogen) atoms. The summed E-state index contributed by atoms with van der Waals surface area (Å²) in [5.41, 5.74) is 7.55. The largest absolute Gasteiger partial charge is 0.397 e. The fourth-order valence-corrected chi connectivity index (χ4v) is 2.68. The fraction of sp³-hybridized carbons (Fsp3) is 0.643. The van der Waals surface area contributed by atoms with Gasteiger partial charge in [0, 0.05) is 26.6 Å². The molecule has 0 aromatic carbocycles. The van der Waals surface area contributed by atoms with Crippen molar-refractivity contribution in [3.63, 3.8) is 0 Å². The first-order valence-corrected chi connectivity index (χ1v) is 6.78. The van der Waals surface area contributed by atoms with Crippen LogP contribution in [0.2, 0.25) is 0 Å². The number of aryl methyl sites for hydroxylation is 1. The predicted octanol–water partition coefficient (Wildman–Crippen LogP) is 1.54. The average Bonchev–Trinajstić information content (AvgIpc) is 2.40. The van der Waals surface area contributed by atoms with Crippen molar-refractivity contribution in [3.8, 4) is 0 Å². The van der Waals surface area contributed by atoms with Crippen molar-refractivity contribution >= 4 is 11.5 Å². The summed E-state index contributed by atoms with van der Waals surface area (Å²) in [5.74, 6) is 1.56. The molecular weight excluding hydrogens is 242 g/mol. The highest BCUT2D eigenvalue weighted by Crippen LogP contribution is 2.27. The minimum absolute atomic E-state index is 0.528. The minimum Gasteiger partial charge on any atom is -0.397 e. The van der Waals surface area contributed by atoms with E-state index >= 15 is 0 Å². The van der Waals surface area contributed by atoms with Gasteiger partial charge in [-0.25, -0.2) is 4.98 Å². The second-order valence-corrected chi connectivity index (χ2v) is 5.27. The van der Waals surface area contributed by atoms with Crippen molar-refractivity contribution in [2.24, 2.45) is 5.92 Å². The Kier molecular flexibility index (Phi) is 4.61. The molecular formula is C14H23N3O2. The third-order valence-corrected chi connectivity index (χ3v) is 3.79. The molecule has 5 heteroatoms. The van der Waals surface area contributed by atoms with Crippen LogP contribution >= 0.6 is 0 Å². The number of aliphatic hydroxyl groups excluding tert-OH is 1. The Bertz CT molecular complexity index is 417. The number of pyridine rings is 1. The van der Waals surface area contributed by atoms with Crippen LogP contribution in [-0.4, -0.2) is 36.6 Å². The van der Waals surface area contributed by atoms with Gasteiger partial charge in [-0.05, 0) is 37.3 Å². The number of aliphatic hydroxyl groups is 1. The normalized spacial score (nSPS) is 18.6. The molecule has 1 fully saturated rings. The zero-order chi connectivity index (χ0) is 13.8. The molecule has 2 heterocycles. The maximum atomic E-state index is 9.51. The molecule has 1 aromatic rings. The number of nitrogen functional groups attached to an aromatic ring is 1. The van der Waals surface area contributed by atoms with Crippen molar-refractivity contribution in [1.82, 2.24) is 4.98 Å². The number of anilines is 2. The van der Waals surface area contributed by atoms with Crippen molar-refractivity contribution in [1.29, 1.82) is 0 Å². The Morgan fingerprint density at radius 1 is 1.53 bits per heavy atom. The van der Waals surface area contributed by atoms with Gasteiger partial charge in [-0.1, -0.05) is 0 Å². The lowest BCUT2D eigenvalue weighted by atomic mass is 9.93. The van der Waals surface area contributed by atoms with Gasteiger partial charge in [-0.15, -0.1) is 0 Å². The monoisotopic (exact) mass is 265 g/mol. The molecule has 1 saturated heterocycles. The summed E-state index contributed by atoms with van der Waals surface area (Å²) in [6, 6.07) is 1.96. The molecule has 0 radical (unpaired) electrons. The van der Waals surface area contributed by atoms with Crippen LogP contribution in [0.3, 0.4) is 0 Å². The number of aromatic nitrogens is 1. The fourth-order valence-electron chi connectivity index (χ4n) is 2.68. The van der Waals surface area contributed by atoms with Crippen LogP contribution in [0.4, 0.5) is 11.5 Å². The van der Waals surface area contributed by atoms with Crippen LogP contribution in [0.25, 0.3) is 0 Å². The molecule has 0 spiro atoms. The van der Waals surface area contributed by atoms with E-state index in [-0.39, 0.29) is 0 Å². The standard InChI is InChI=1S/C14H23N3O2/c1-10-7-12(15)9-16-14(10)17-5-3-11(4-6-17)8-13(18)19-2/h7,9,11,13,18H,3-6,8,15H2,1-2H3. The van der Waals surface area contributed by atoms with Crippen LogP contribution in [0, 0.1) is 12.8 Å². The summed E-state index contributed by atoms with van der Waals surface area (Å²) < 4.78 is 4.91.